The molecular weight excluding hydrogens is 254 g/mol. The average Bonchev–Trinajstić information content (AvgIpc) is 2.29. The van der Waals surface area contributed by atoms with Crippen LogP contribution < -0.4 is 5.32 Å². The summed E-state index contributed by atoms with van der Waals surface area (Å²) in [5, 5.41) is 20.7. The predicted octanol–water partition coefficient (Wildman–Crippen LogP) is 1.08. The maximum absolute atomic E-state index is 10.8. The standard InChI is InChI=1S/C12H15NO4S/c1-8(14)17-7-10(11(15)13-12(16)18)9-5-3-2-4-6-9/h2-6,10-11,15H,7H2,1H3,(H2,13,16,18). The predicted molar refractivity (Wildman–Crippen MR) is 70.2 cm³/mol. The molecule has 6 heteroatoms. The normalized spacial score (nSPS) is 13.4. The van der Waals surface area contributed by atoms with E-state index in [-0.39, 0.29) is 6.61 Å². The Bertz CT molecular complexity index is 410. The van der Waals surface area contributed by atoms with Crippen molar-refractivity contribution in [3.8, 4) is 0 Å². The second-order valence-electron chi connectivity index (χ2n) is 3.71. The van der Waals surface area contributed by atoms with E-state index < -0.39 is 23.3 Å². The first-order valence-corrected chi connectivity index (χ1v) is 5.77. The molecule has 18 heavy (non-hydrogen) atoms. The number of rotatable bonds is 5. The molecule has 1 aromatic rings. The molecule has 3 N–H and O–H groups in total. The van der Waals surface area contributed by atoms with Crippen LogP contribution in [0.15, 0.2) is 30.3 Å². The number of thiocarbonyl (C=S) groups is 1. The number of aliphatic hydroxyl groups excluding tert-OH is 2. The Morgan fingerprint density at radius 1 is 1.44 bits per heavy atom. The summed E-state index contributed by atoms with van der Waals surface area (Å²) in [5.74, 6) is -0.949. The van der Waals surface area contributed by atoms with Gasteiger partial charge in [-0.1, -0.05) is 30.3 Å². The Labute approximate surface area is 110 Å². The smallest absolute Gasteiger partial charge is 0.302 e. The van der Waals surface area contributed by atoms with Crippen molar-refractivity contribution in [2.75, 3.05) is 6.61 Å². The zero-order chi connectivity index (χ0) is 13.5. The lowest BCUT2D eigenvalue weighted by Crippen LogP contribution is -2.40. The van der Waals surface area contributed by atoms with Gasteiger partial charge < -0.3 is 20.3 Å². The van der Waals surface area contributed by atoms with Crippen LogP contribution in [-0.4, -0.2) is 34.2 Å². The van der Waals surface area contributed by atoms with E-state index >= 15 is 0 Å². The summed E-state index contributed by atoms with van der Waals surface area (Å²) in [5.41, 5.74) is 0.773. The largest absolute Gasteiger partial charge is 0.487 e. The van der Waals surface area contributed by atoms with E-state index in [4.69, 9.17) is 9.84 Å². The molecule has 0 fully saturated rings. The fraction of sp³-hybridized carbons (Fsp3) is 0.333. The van der Waals surface area contributed by atoms with Gasteiger partial charge in [0.15, 0.2) is 0 Å². The van der Waals surface area contributed by atoms with E-state index in [2.05, 4.69) is 17.5 Å². The number of hydrogen-bond acceptors (Lipinski definition) is 4. The minimum absolute atomic E-state index is 0.00384. The highest BCUT2D eigenvalue weighted by molar-refractivity contribution is 7.79. The van der Waals surface area contributed by atoms with Gasteiger partial charge in [-0.05, 0) is 17.8 Å². The second kappa shape index (κ2) is 6.93. The summed E-state index contributed by atoms with van der Waals surface area (Å²) in [6.07, 6.45) is -1.13. The molecule has 0 radical (unpaired) electrons. The summed E-state index contributed by atoms with van der Waals surface area (Å²) in [6, 6.07) is 9.03. The third kappa shape index (κ3) is 4.68. The monoisotopic (exact) mass is 269 g/mol. The number of aliphatic hydroxyl groups is 2. The zero-order valence-corrected chi connectivity index (χ0v) is 10.7. The van der Waals surface area contributed by atoms with Gasteiger partial charge in [0, 0.05) is 6.92 Å². The van der Waals surface area contributed by atoms with E-state index in [1.54, 1.807) is 24.3 Å². The highest BCUT2D eigenvalue weighted by Crippen LogP contribution is 2.19. The van der Waals surface area contributed by atoms with Crippen LogP contribution in [0, 0.1) is 0 Å². The molecule has 0 aromatic heterocycles. The summed E-state index contributed by atoms with van der Waals surface area (Å²) < 4.78 is 4.90. The van der Waals surface area contributed by atoms with Gasteiger partial charge in [0.2, 0.25) is 0 Å². The summed E-state index contributed by atoms with van der Waals surface area (Å²) in [4.78, 5) is 10.8. The number of nitrogens with one attached hydrogen (secondary N) is 1. The third-order valence-electron chi connectivity index (χ3n) is 2.35. The third-order valence-corrected chi connectivity index (χ3v) is 2.46. The van der Waals surface area contributed by atoms with Crippen LogP contribution in [0.25, 0.3) is 0 Å². The molecule has 2 unspecified atom stereocenters. The van der Waals surface area contributed by atoms with Crippen LogP contribution in [0.2, 0.25) is 0 Å². The van der Waals surface area contributed by atoms with Crippen LogP contribution in [0.1, 0.15) is 18.4 Å². The van der Waals surface area contributed by atoms with Crippen molar-refractivity contribution in [3.05, 3.63) is 35.9 Å². The SMILES string of the molecule is CC(=O)OCC(c1ccccc1)C(O)NC(O)=S. The molecule has 5 nitrogen and oxygen atoms in total. The van der Waals surface area contributed by atoms with Crippen molar-refractivity contribution in [2.24, 2.45) is 0 Å². The molecule has 0 aliphatic rings. The molecular formula is C12H15NO4S. The minimum atomic E-state index is -1.13. The number of carbonyl (C=O) groups excluding carboxylic acids is 1. The van der Waals surface area contributed by atoms with Crippen molar-refractivity contribution in [2.45, 2.75) is 19.1 Å². The van der Waals surface area contributed by atoms with E-state index in [9.17, 15) is 9.90 Å². The minimum Gasteiger partial charge on any atom is -0.487 e. The molecule has 0 amide bonds. The van der Waals surface area contributed by atoms with Crippen molar-refractivity contribution in [1.29, 1.82) is 0 Å². The van der Waals surface area contributed by atoms with Crippen LogP contribution in [0.5, 0.6) is 0 Å². The van der Waals surface area contributed by atoms with E-state index in [0.29, 0.717) is 0 Å². The zero-order valence-electron chi connectivity index (χ0n) is 9.87. The molecule has 0 saturated carbocycles. The first kappa shape index (κ1) is 14.4. The maximum Gasteiger partial charge on any atom is 0.302 e. The lowest BCUT2D eigenvalue weighted by Gasteiger charge is -2.23. The van der Waals surface area contributed by atoms with Crippen LogP contribution in [-0.2, 0) is 9.53 Å². The van der Waals surface area contributed by atoms with E-state index in [1.807, 2.05) is 6.07 Å². The maximum atomic E-state index is 10.8. The van der Waals surface area contributed by atoms with Gasteiger partial charge in [-0.15, -0.1) is 0 Å². The molecule has 98 valence electrons. The molecule has 0 bridgehead atoms. The number of ether oxygens (including phenoxy) is 1. The second-order valence-corrected chi connectivity index (χ2v) is 4.10. The Morgan fingerprint density at radius 2 is 2.06 bits per heavy atom. The summed E-state index contributed by atoms with van der Waals surface area (Å²) in [7, 11) is 0. The van der Waals surface area contributed by atoms with Crippen LogP contribution >= 0.6 is 12.2 Å². The van der Waals surface area contributed by atoms with Gasteiger partial charge in [0.1, 0.15) is 12.8 Å². The molecule has 0 saturated heterocycles. The number of carbonyl (C=O) groups is 1. The first-order valence-electron chi connectivity index (χ1n) is 5.36. The highest BCUT2D eigenvalue weighted by Gasteiger charge is 2.23. The van der Waals surface area contributed by atoms with Gasteiger partial charge in [0.05, 0.1) is 5.92 Å². The molecule has 0 spiro atoms. The Morgan fingerprint density at radius 3 is 2.56 bits per heavy atom. The van der Waals surface area contributed by atoms with Crippen molar-refractivity contribution in [1.82, 2.24) is 5.32 Å². The Hall–Kier alpha value is -1.66. The van der Waals surface area contributed by atoms with Gasteiger partial charge in [0.25, 0.3) is 5.17 Å². The lowest BCUT2D eigenvalue weighted by molar-refractivity contribution is -0.142. The number of hydrogen-bond donors (Lipinski definition) is 3. The fourth-order valence-electron chi connectivity index (χ4n) is 1.50. The van der Waals surface area contributed by atoms with Crippen molar-refractivity contribution < 1.29 is 19.7 Å². The molecule has 1 rings (SSSR count). The fourth-order valence-corrected chi connectivity index (χ4v) is 1.62. The van der Waals surface area contributed by atoms with Crippen LogP contribution in [0.3, 0.4) is 0 Å². The first-order chi connectivity index (χ1) is 8.50. The molecule has 0 aliphatic heterocycles. The van der Waals surface area contributed by atoms with Crippen molar-refractivity contribution >= 4 is 23.4 Å². The van der Waals surface area contributed by atoms with Gasteiger partial charge in [-0.2, -0.15) is 0 Å². The number of benzene rings is 1. The topological polar surface area (TPSA) is 78.8 Å². The van der Waals surface area contributed by atoms with Crippen molar-refractivity contribution in [3.63, 3.8) is 0 Å². The quantitative estimate of drug-likeness (QED) is 0.422. The number of esters is 1. The summed E-state index contributed by atoms with van der Waals surface area (Å²) in [6.45, 7) is 1.29. The summed E-state index contributed by atoms with van der Waals surface area (Å²) >= 11 is 4.45. The van der Waals surface area contributed by atoms with E-state index in [0.717, 1.165) is 5.56 Å². The van der Waals surface area contributed by atoms with E-state index in [1.165, 1.54) is 6.92 Å². The lowest BCUT2D eigenvalue weighted by atomic mass is 9.98. The molecule has 1 aromatic carbocycles. The van der Waals surface area contributed by atoms with Gasteiger partial charge in [-0.3, -0.25) is 4.79 Å². The average molecular weight is 269 g/mol. The van der Waals surface area contributed by atoms with Crippen LogP contribution in [0.4, 0.5) is 0 Å². The highest BCUT2D eigenvalue weighted by atomic mass is 32.1. The Balaban J connectivity index is 2.80. The van der Waals surface area contributed by atoms with Gasteiger partial charge in [-0.25, -0.2) is 0 Å². The molecule has 0 heterocycles. The molecule has 2 atom stereocenters. The molecule has 0 aliphatic carbocycles. The van der Waals surface area contributed by atoms with Gasteiger partial charge >= 0.3 is 5.97 Å². The Kier molecular flexibility index (Phi) is 5.54.